The van der Waals surface area contributed by atoms with E-state index >= 15 is 0 Å². The van der Waals surface area contributed by atoms with Gasteiger partial charge in [0.05, 0.1) is 16.9 Å². The second-order valence-electron chi connectivity index (χ2n) is 5.28. The minimum absolute atomic E-state index is 0.112. The summed E-state index contributed by atoms with van der Waals surface area (Å²) in [4.78, 5) is 2.27. The highest BCUT2D eigenvalue weighted by Crippen LogP contribution is 2.30. The predicted molar refractivity (Wildman–Crippen MR) is 80.6 cm³/mol. The summed E-state index contributed by atoms with van der Waals surface area (Å²) in [5.74, 6) is 0. The first-order chi connectivity index (χ1) is 9.11. The fourth-order valence-electron chi connectivity index (χ4n) is 2.61. The molecule has 1 fully saturated rings. The van der Waals surface area contributed by atoms with Gasteiger partial charge in [-0.3, -0.25) is 0 Å². The number of halogens is 1. The van der Waals surface area contributed by atoms with Crippen LogP contribution in [-0.4, -0.2) is 25.8 Å². The van der Waals surface area contributed by atoms with Gasteiger partial charge in [0.2, 0.25) is 0 Å². The van der Waals surface area contributed by atoms with Crippen molar-refractivity contribution < 1.29 is 4.74 Å². The van der Waals surface area contributed by atoms with Gasteiger partial charge in [-0.05, 0) is 37.5 Å². The third kappa shape index (κ3) is 3.10. The lowest BCUT2D eigenvalue weighted by Crippen LogP contribution is -2.47. The number of hydrogen-bond donors (Lipinski definition) is 0. The largest absolute Gasteiger partial charge is 0.377 e. The van der Waals surface area contributed by atoms with Crippen molar-refractivity contribution in [2.45, 2.75) is 30.7 Å². The van der Waals surface area contributed by atoms with Crippen LogP contribution in [0.15, 0.2) is 18.2 Å². The fraction of sp³-hybridized carbons (Fsp3) is 0.533. The lowest BCUT2D eigenvalue weighted by Gasteiger charge is -2.41. The first-order valence-corrected chi connectivity index (χ1v) is 7.63. The third-order valence-electron chi connectivity index (χ3n) is 3.83. The lowest BCUT2D eigenvalue weighted by molar-refractivity contribution is -0.00466. The summed E-state index contributed by atoms with van der Waals surface area (Å²) in [6, 6.07) is 8.40. The van der Waals surface area contributed by atoms with Crippen LogP contribution in [0.25, 0.3) is 0 Å². The predicted octanol–water partition coefficient (Wildman–Crippen LogP) is 3.46. The molecule has 1 aromatic rings. The van der Waals surface area contributed by atoms with Gasteiger partial charge in [-0.15, -0.1) is 0 Å². The number of nitriles is 1. The van der Waals surface area contributed by atoms with E-state index in [0.717, 1.165) is 48.1 Å². The first-order valence-electron chi connectivity index (χ1n) is 6.51. The summed E-state index contributed by atoms with van der Waals surface area (Å²) in [6.07, 6.45) is 2.16. The molecule has 1 saturated heterocycles. The van der Waals surface area contributed by atoms with Crippen LogP contribution in [0.5, 0.6) is 0 Å². The van der Waals surface area contributed by atoms with Crippen molar-refractivity contribution in [1.29, 1.82) is 5.26 Å². The Hall–Kier alpha value is -1.05. The number of nitrogens with zero attached hydrogens (tertiary/aromatic N) is 2. The minimum Gasteiger partial charge on any atom is -0.377 e. The van der Waals surface area contributed by atoms with Crippen LogP contribution in [0.3, 0.4) is 0 Å². The first kappa shape index (κ1) is 14.4. The number of piperidine rings is 1. The maximum absolute atomic E-state index is 9.33. The van der Waals surface area contributed by atoms with E-state index in [2.05, 4.69) is 46.0 Å². The van der Waals surface area contributed by atoms with E-state index in [1.807, 2.05) is 6.07 Å². The highest BCUT2D eigenvalue weighted by Gasteiger charge is 2.31. The van der Waals surface area contributed by atoms with Gasteiger partial charge in [0.15, 0.2) is 0 Å². The number of alkyl halides is 1. The molecule has 0 saturated carbocycles. The molecule has 3 nitrogen and oxygen atoms in total. The van der Waals surface area contributed by atoms with E-state index in [-0.39, 0.29) is 5.60 Å². The van der Waals surface area contributed by atoms with Crippen molar-refractivity contribution in [3.8, 4) is 6.07 Å². The topological polar surface area (TPSA) is 36.3 Å². The third-order valence-corrected chi connectivity index (χ3v) is 4.48. The number of anilines is 1. The molecule has 0 radical (unpaired) electrons. The van der Waals surface area contributed by atoms with E-state index in [0.29, 0.717) is 0 Å². The molecular weight excluding hydrogens is 304 g/mol. The number of ether oxygens (including phenoxy) is 1. The van der Waals surface area contributed by atoms with Crippen LogP contribution in [0.4, 0.5) is 5.69 Å². The molecule has 2 rings (SSSR count). The maximum Gasteiger partial charge on any atom is 0.101 e. The molecule has 19 heavy (non-hydrogen) atoms. The van der Waals surface area contributed by atoms with Gasteiger partial charge in [-0.2, -0.15) is 5.26 Å². The molecule has 102 valence electrons. The molecule has 1 heterocycles. The number of rotatable bonds is 3. The molecule has 1 aromatic carbocycles. The summed E-state index contributed by atoms with van der Waals surface area (Å²) < 4.78 is 5.62. The second-order valence-corrected chi connectivity index (χ2v) is 5.84. The Morgan fingerprint density at radius 1 is 1.53 bits per heavy atom. The van der Waals surface area contributed by atoms with Crippen molar-refractivity contribution in [2.24, 2.45) is 0 Å². The van der Waals surface area contributed by atoms with E-state index in [1.165, 1.54) is 0 Å². The van der Waals surface area contributed by atoms with Gasteiger partial charge < -0.3 is 9.64 Å². The molecule has 0 bridgehead atoms. The second kappa shape index (κ2) is 5.94. The van der Waals surface area contributed by atoms with Crippen molar-refractivity contribution in [2.75, 3.05) is 25.1 Å². The summed E-state index contributed by atoms with van der Waals surface area (Å²) in [6.45, 7) is 3.96. The minimum atomic E-state index is -0.112. The molecule has 1 aliphatic heterocycles. The Morgan fingerprint density at radius 2 is 2.32 bits per heavy atom. The van der Waals surface area contributed by atoms with Gasteiger partial charge in [0.1, 0.15) is 6.07 Å². The average Bonchev–Trinajstić information content (AvgIpc) is 2.46. The Balaban J connectivity index is 2.29. The van der Waals surface area contributed by atoms with Gasteiger partial charge >= 0.3 is 0 Å². The Labute approximate surface area is 123 Å². The number of benzene rings is 1. The van der Waals surface area contributed by atoms with Crippen LogP contribution >= 0.6 is 15.9 Å². The van der Waals surface area contributed by atoms with Gasteiger partial charge in [0.25, 0.3) is 0 Å². The van der Waals surface area contributed by atoms with Crippen molar-refractivity contribution in [3.63, 3.8) is 0 Å². The van der Waals surface area contributed by atoms with Crippen molar-refractivity contribution in [1.82, 2.24) is 0 Å². The quantitative estimate of drug-likeness (QED) is 0.799. The van der Waals surface area contributed by atoms with E-state index in [1.54, 1.807) is 7.11 Å². The molecule has 0 spiro atoms. The Kier molecular flexibility index (Phi) is 4.49. The highest BCUT2D eigenvalue weighted by molar-refractivity contribution is 9.08. The average molecular weight is 323 g/mol. The molecule has 0 amide bonds. The zero-order valence-corrected chi connectivity index (χ0v) is 13.0. The van der Waals surface area contributed by atoms with Crippen LogP contribution in [0, 0.1) is 11.3 Å². The maximum atomic E-state index is 9.33. The van der Waals surface area contributed by atoms with Gasteiger partial charge in [-0.1, -0.05) is 22.0 Å². The van der Waals surface area contributed by atoms with Crippen molar-refractivity contribution >= 4 is 21.6 Å². The van der Waals surface area contributed by atoms with Crippen molar-refractivity contribution in [3.05, 3.63) is 29.3 Å². The lowest BCUT2D eigenvalue weighted by atomic mass is 9.93. The Morgan fingerprint density at radius 3 is 2.95 bits per heavy atom. The van der Waals surface area contributed by atoms with Crippen LogP contribution in [-0.2, 0) is 10.1 Å². The standard InChI is InChI=1S/C15H19BrN2O/c1-15(19-2)6-3-7-18(11-15)14-5-4-12(9-16)8-13(14)10-17/h4-5,8H,3,6-7,9,11H2,1-2H3. The number of methoxy groups -OCH3 is 1. The summed E-state index contributed by atoms with van der Waals surface area (Å²) in [7, 11) is 1.77. The zero-order chi connectivity index (χ0) is 13.9. The SMILES string of the molecule is COC1(C)CCCN(c2ccc(CBr)cc2C#N)C1. The molecule has 0 N–H and O–H groups in total. The van der Waals surface area contributed by atoms with E-state index in [4.69, 9.17) is 4.74 Å². The van der Waals surface area contributed by atoms with Gasteiger partial charge in [-0.25, -0.2) is 0 Å². The fourth-order valence-corrected chi connectivity index (χ4v) is 2.96. The molecule has 1 unspecified atom stereocenters. The summed E-state index contributed by atoms with van der Waals surface area (Å²) >= 11 is 3.43. The summed E-state index contributed by atoms with van der Waals surface area (Å²) in [5.41, 5.74) is 2.79. The normalized spacial score (nSPS) is 23.2. The zero-order valence-electron chi connectivity index (χ0n) is 11.4. The van der Waals surface area contributed by atoms with Crippen LogP contribution in [0.2, 0.25) is 0 Å². The van der Waals surface area contributed by atoms with Gasteiger partial charge in [0, 0.05) is 25.5 Å². The molecule has 0 aliphatic carbocycles. The Bertz CT molecular complexity index is 497. The molecular formula is C15H19BrN2O. The number of hydrogen-bond acceptors (Lipinski definition) is 3. The molecule has 4 heteroatoms. The molecule has 0 aromatic heterocycles. The van der Waals surface area contributed by atoms with Crippen LogP contribution in [0.1, 0.15) is 30.9 Å². The molecule has 1 atom stereocenters. The highest BCUT2D eigenvalue weighted by atomic mass is 79.9. The molecule has 1 aliphatic rings. The summed E-state index contributed by atoms with van der Waals surface area (Å²) in [5, 5.41) is 10.1. The van der Waals surface area contributed by atoms with E-state index < -0.39 is 0 Å². The monoisotopic (exact) mass is 322 g/mol. The van der Waals surface area contributed by atoms with E-state index in [9.17, 15) is 5.26 Å². The van der Waals surface area contributed by atoms with Crippen LogP contribution < -0.4 is 4.90 Å². The smallest absolute Gasteiger partial charge is 0.101 e.